The van der Waals surface area contributed by atoms with Gasteiger partial charge in [0.25, 0.3) is 5.91 Å². The standard InChI is InChI=1S/C16H14Cl2FNO2/c1-10-2-3-11(6-14(10)19)8-20-16(21)9-22-15-7-12(17)4-5-13(15)18/h2-7H,8-9H2,1H3,(H,20,21). The molecule has 6 heteroatoms. The van der Waals surface area contributed by atoms with E-state index in [0.717, 1.165) is 0 Å². The monoisotopic (exact) mass is 341 g/mol. The zero-order valence-electron chi connectivity index (χ0n) is 11.8. The van der Waals surface area contributed by atoms with E-state index in [0.29, 0.717) is 26.9 Å². The molecule has 2 aromatic rings. The molecule has 0 saturated carbocycles. The van der Waals surface area contributed by atoms with Crippen LogP contribution in [0.2, 0.25) is 10.0 Å². The average Bonchev–Trinajstić information content (AvgIpc) is 2.49. The van der Waals surface area contributed by atoms with Crippen LogP contribution in [0.5, 0.6) is 5.75 Å². The van der Waals surface area contributed by atoms with Crippen molar-refractivity contribution < 1.29 is 13.9 Å². The molecule has 0 unspecified atom stereocenters. The molecule has 0 aliphatic heterocycles. The Morgan fingerprint density at radius 2 is 2.00 bits per heavy atom. The molecule has 0 aliphatic rings. The van der Waals surface area contributed by atoms with Gasteiger partial charge in [-0.1, -0.05) is 35.3 Å². The lowest BCUT2D eigenvalue weighted by atomic mass is 10.1. The minimum atomic E-state index is -0.336. The van der Waals surface area contributed by atoms with E-state index in [2.05, 4.69) is 5.32 Å². The number of hydrogen-bond donors (Lipinski definition) is 1. The Morgan fingerprint density at radius 1 is 1.23 bits per heavy atom. The van der Waals surface area contributed by atoms with Crippen LogP contribution in [0.25, 0.3) is 0 Å². The van der Waals surface area contributed by atoms with Gasteiger partial charge in [0.15, 0.2) is 6.61 Å². The summed E-state index contributed by atoms with van der Waals surface area (Å²) in [6.07, 6.45) is 0. The van der Waals surface area contributed by atoms with E-state index in [9.17, 15) is 9.18 Å². The maximum atomic E-state index is 13.4. The molecule has 0 heterocycles. The third-order valence-electron chi connectivity index (χ3n) is 2.98. The summed E-state index contributed by atoms with van der Waals surface area (Å²) in [5.41, 5.74) is 1.24. The SMILES string of the molecule is Cc1ccc(CNC(=O)COc2cc(Cl)ccc2Cl)cc1F. The second kappa shape index (κ2) is 7.47. The number of aryl methyl sites for hydroxylation is 1. The Balaban J connectivity index is 1.85. The van der Waals surface area contributed by atoms with Crippen LogP contribution in [0.4, 0.5) is 4.39 Å². The number of nitrogens with one attached hydrogen (secondary N) is 1. The fraction of sp³-hybridized carbons (Fsp3) is 0.188. The van der Waals surface area contributed by atoms with Gasteiger partial charge in [-0.25, -0.2) is 4.39 Å². The first kappa shape index (κ1) is 16.6. The number of amides is 1. The first-order valence-corrected chi connectivity index (χ1v) is 7.31. The summed E-state index contributed by atoms with van der Waals surface area (Å²) in [7, 11) is 0. The maximum absolute atomic E-state index is 13.4. The van der Waals surface area contributed by atoms with Crippen molar-refractivity contribution in [3.05, 3.63) is 63.4 Å². The first-order valence-electron chi connectivity index (χ1n) is 6.55. The number of ether oxygens (including phenoxy) is 1. The fourth-order valence-corrected chi connectivity index (χ4v) is 2.06. The van der Waals surface area contributed by atoms with Gasteiger partial charge in [0, 0.05) is 17.6 Å². The van der Waals surface area contributed by atoms with Gasteiger partial charge >= 0.3 is 0 Å². The van der Waals surface area contributed by atoms with Crippen LogP contribution >= 0.6 is 23.2 Å². The Bertz CT molecular complexity index is 692. The zero-order chi connectivity index (χ0) is 16.1. The highest BCUT2D eigenvalue weighted by Gasteiger charge is 2.07. The van der Waals surface area contributed by atoms with Crippen LogP contribution < -0.4 is 10.1 Å². The number of hydrogen-bond acceptors (Lipinski definition) is 2. The molecule has 1 N–H and O–H groups in total. The van der Waals surface area contributed by atoms with E-state index >= 15 is 0 Å². The summed E-state index contributed by atoms with van der Waals surface area (Å²) in [6.45, 7) is 1.71. The van der Waals surface area contributed by atoms with E-state index in [-0.39, 0.29) is 24.9 Å². The van der Waals surface area contributed by atoms with Gasteiger partial charge in [0.05, 0.1) is 5.02 Å². The van der Waals surface area contributed by atoms with Crippen molar-refractivity contribution in [1.29, 1.82) is 0 Å². The van der Waals surface area contributed by atoms with Gasteiger partial charge < -0.3 is 10.1 Å². The fourth-order valence-electron chi connectivity index (χ4n) is 1.73. The van der Waals surface area contributed by atoms with Crippen molar-refractivity contribution in [3.8, 4) is 5.75 Å². The van der Waals surface area contributed by atoms with Gasteiger partial charge in [-0.15, -0.1) is 0 Å². The Labute approximate surface area is 138 Å². The number of carbonyl (C=O) groups excluding carboxylic acids is 1. The molecule has 0 saturated heterocycles. The average molecular weight is 342 g/mol. The normalized spacial score (nSPS) is 10.4. The number of rotatable bonds is 5. The maximum Gasteiger partial charge on any atom is 0.258 e. The molecular weight excluding hydrogens is 328 g/mol. The van der Waals surface area contributed by atoms with E-state index < -0.39 is 0 Å². The van der Waals surface area contributed by atoms with Gasteiger partial charge in [0.1, 0.15) is 11.6 Å². The Hall–Kier alpha value is -1.78. The van der Waals surface area contributed by atoms with Crippen LogP contribution in [-0.2, 0) is 11.3 Å². The van der Waals surface area contributed by atoms with Gasteiger partial charge in [-0.2, -0.15) is 0 Å². The molecule has 0 aliphatic carbocycles. The van der Waals surface area contributed by atoms with Crippen LogP contribution in [0, 0.1) is 12.7 Å². The lowest BCUT2D eigenvalue weighted by Crippen LogP contribution is -2.28. The Kier molecular flexibility index (Phi) is 5.63. The number of carbonyl (C=O) groups is 1. The van der Waals surface area contributed by atoms with E-state index in [1.54, 1.807) is 31.2 Å². The molecule has 1 amide bonds. The van der Waals surface area contributed by atoms with Crippen molar-refractivity contribution in [1.82, 2.24) is 5.32 Å². The topological polar surface area (TPSA) is 38.3 Å². The van der Waals surface area contributed by atoms with Crippen LogP contribution in [0.3, 0.4) is 0 Å². The molecule has 0 aromatic heterocycles. The minimum absolute atomic E-state index is 0.200. The highest BCUT2D eigenvalue weighted by atomic mass is 35.5. The third-order valence-corrected chi connectivity index (χ3v) is 3.53. The number of benzene rings is 2. The molecule has 0 atom stereocenters. The molecule has 0 radical (unpaired) electrons. The molecular formula is C16H14Cl2FNO2. The molecule has 0 fully saturated rings. The second-order valence-corrected chi connectivity index (χ2v) is 5.57. The van der Waals surface area contributed by atoms with Crippen molar-refractivity contribution in [2.75, 3.05) is 6.61 Å². The molecule has 22 heavy (non-hydrogen) atoms. The van der Waals surface area contributed by atoms with Gasteiger partial charge in [-0.3, -0.25) is 4.79 Å². The Morgan fingerprint density at radius 3 is 2.73 bits per heavy atom. The predicted molar refractivity (Wildman–Crippen MR) is 84.9 cm³/mol. The highest BCUT2D eigenvalue weighted by molar-refractivity contribution is 6.34. The van der Waals surface area contributed by atoms with Crippen molar-refractivity contribution >= 4 is 29.1 Å². The summed E-state index contributed by atoms with van der Waals surface area (Å²) in [4.78, 5) is 11.7. The van der Waals surface area contributed by atoms with Crippen LogP contribution in [-0.4, -0.2) is 12.5 Å². The summed E-state index contributed by atoms with van der Waals surface area (Å²) >= 11 is 11.8. The third kappa shape index (κ3) is 4.61. The molecule has 0 spiro atoms. The van der Waals surface area contributed by atoms with Crippen LogP contribution in [0.15, 0.2) is 36.4 Å². The van der Waals surface area contributed by atoms with Crippen molar-refractivity contribution in [2.24, 2.45) is 0 Å². The molecule has 3 nitrogen and oxygen atoms in total. The van der Waals surface area contributed by atoms with Crippen molar-refractivity contribution in [3.63, 3.8) is 0 Å². The van der Waals surface area contributed by atoms with Crippen molar-refractivity contribution in [2.45, 2.75) is 13.5 Å². The van der Waals surface area contributed by atoms with E-state index in [1.807, 2.05) is 0 Å². The van der Waals surface area contributed by atoms with Gasteiger partial charge in [-0.05, 0) is 36.2 Å². The largest absolute Gasteiger partial charge is 0.482 e. The molecule has 0 bridgehead atoms. The lowest BCUT2D eigenvalue weighted by molar-refractivity contribution is -0.123. The first-order chi connectivity index (χ1) is 10.5. The highest BCUT2D eigenvalue weighted by Crippen LogP contribution is 2.27. The second-order valence-electron chi connectivity index (χ2n) is 4.72. The van der Waals surface area contributed by atoms with Crippen LogP contribution in [0.1, 0.15) is 11.1 Å². The quantitative estimate of drug-likeness (QED) is 0.887. The summed E-state index contributed by atoms with van der Waals surface area (Å²) in [5, 5.41) is 3.48. The summed E-state index contributed by atoms with van der Waals surface area (Å²) in [6, 6.07) is 9.57. The minimum Gasteiger partial charge on any atom is -0.482 e. The smallest absolute Gasteiger partial charge is 0.258 e. The summed E-state index contributed by atoms with van der Waals surface area (Å²) < 4.78 is 18.7. The molecule has 2 rings (SSSR count). The van der Waals surface area contributed by atoms with E-state index in [4.69, 9.17) is 27.9 Å². The lowest BCUT2D eigenvalue weighted by Gasteiger charge is -2.09. The zero-order valence-corrected chi connectivity index (χ0v) is 13.3. The van der Waals surface area contributed by atoms with E-state index in [1.165, 1.54) is 12.1 Å². The number of halogens is 3. The molecule has 2 aromatic carbocycles. The molecule has 116 valence electrons. The summed E-state index contributed by atoms with van der Waals surface area (Å²) in [5.74, 6) is -0.295. The van der Waals surface area contributed by atoms with Gasteiger partial charge in [0.2, 0.25) is 0 Å². The predicted octanol–water partition coefficient (Wildman–Crippen LogP) is 4.14.